The van der Waals surface area contributed by atoms with Crippen LogP contribution >= 0.6 is 0 Å². The van der Waals surface area contributed by atoms with Crippen molar-refractivity contribution < 1.29 is 19.7 Å². The summed E-state index contributed by atoms with van der Waals surface area (Å²) in [5.41, 5.74) is 0.376. The first-order chi connectivity index (χ1) is 7.77. The largest absolute Gasteiger partial charge is 0.504 e. The molecule has 0 saturated heterocycles. The second-order valence-corrected chi connectivity index (χ2v) is 2.98. The van der Waals surface area contributed by atoms with Gasteiger partial charge in [-0.15, -0.1) is 0 Å². The van der Waals surface area contributed by atoms with E-state index in [1.165, 1.54) is 12.1 Å². The topological polar surface area (TPSA) is 82.7 Å². The maximum Gasteiger partial charge on any atom is 0.161 e. The number of aliphatic hydroxyl groups is 1. The molecule has 0 aliphatic heterocycles. The summed E-state index contributed by atoms with van der Waals surface area (Å²) in [4.78, 5) is 0. The molecule has 0 aliphatic rings. The number of phenols is 1. The molecule has 16 heavy (non-hydrogen) atoms. The summed E-state index contributed by atoms with van der Waals surface area (Å²) in [5.74, 6) is 0.243. The molecule has 0 bridgehead atoms. The number of hydrogen-bond donors (Lipinski definition) is 2. The number of hydrogen-bond acceptors (Lipinski definition) is 5. The maximum absolute atomic E-state index is 9.47. The van der Waals surface area contributed by atoms with E-state index in [1.54, 1.807) is 6.07 Å². The molecule has 0 atom stereocenters. The highest BCUT2D eigenvalue weighted by molar-refractivity contribution is 5.45. The Morgan fingerprint density at radius 2 is 2.06 bits per heavy atom. The molecule has 0 aliphatic carbocycles. The van der Waals surface area contributed by atoms with E-state index in [2.05, 4.69) is 0 Å². The molecule has 1 aromatic rings. The average molecular weight is 223 g/mol. The lowest BCUT2D eigenvalue weighted by atomic mass is 10.2. The fourth-order valence-electron chi connectivity index (χ4n) is 1.09. The van der Waals surface area contributed by atoms with Crippen molar-refractivity contribution in [1.29, 1.82) is 5.26 Å². The Kier molecular flexibility index (Phi) is 5.12. The smallest absolute Gasteiger partial charge is 0.161 e. The first-order valence-corrected chi connectivity index (χ1v) is 4.82. The average Bonchev–Trinajstić information content (AvgIpc) is 2.30. The maximum atomic E-state index is 9.47. The second kappa shape index (κ2) is 6.67. The van der Waals surface area contributed by atoms with Crippen LogP contribution < -0.4 is 4.74 Å². The van der Waals surface area contributed by atoms with E-state index >= 15 is 0 Å². The van der Waals surface area contributed by atoms with Crippen molar-refractivity contribution in [3.8, 4) is 17.6 Å². The predicted molar refractivity (Wildman–Crippen MR) is 56.2 cm³/mol. The Hall–Kier alpha value is -1.77. The lowest BCUT2D eigenvalue weighted by Crippen LogP contribution is -2.09. The first kappa shape index (κ1) is 12.3. The second-order valence-electron chi connectivity index (χ2n) is 2.98. The van der Waals surface area contributed by atoms with Gasteiger partial charge in [-0.25, -0.2) is 0 Å². The van der Waals surface area contributed by atoms with Crippen LogP contribution in [0.5, 0.6) is 11.5 Å². The molecule has 0 saturated carbocycles. The number of benzene rings is 1. The van der Waals surface area contributed by atoms with Crippen LogP contribution in [0.3, 0.4) is 0 Å². The molecular weight excluding hydrogens is 210 g/mol. The van der Waals surface area contributed by atoms with Gasteiger partial charge in [-0.1, -0.05) is 0 Å². The van der Waals surface area contributed by atoms with Crippen LogP contribution in [0.25, 0.3) is 0 Å². The van der Waals surface area contributed by atoms with E-state index in [4.69, 9.17) is 19.8 Å². The Morgan fingerprint density at radius 1 is 1.25 bits per heavy atom. The minimum absolute atomic E-state index is 0.0257. The number of nitrogens with zero attached hydrogens (tertiary/aromatic N) is 1. The van der Waals surface area contributed by atoms with Gasteiger partial charge in [-0.2, -0.15) is 5.26 Å². The van der Waals surface area contributed by atoms with Crippen molar-refractivity contribution in [2.45, 2.75) is 0 Å². The van der Waals surface area contributed by atoms with Crippen LogP contribution in [0.2, 0.25) is 0 Å². The minimum atomic E-state index is -0.0683. The van der Waals surface area contributed by atoms with Crippen LogP contribution in [0.1, 0.15) is 5.56 Å². The third kappa shape index (κ3) is 3.77. The summed E-state index contributed by atoms with van der Waals surface area (Å²) in [5, 5.41) is 26.5. The number of phenolic OH excluding ortho intramolecular Hbond substituents is 1. The monoisotopic (exact) mass is 223 g/mol. The normalized spacial score (nSPS) is 9.75. The Balaban J connectivity index is 2.40. The van der Waals surface area contributed by atoms with Gasteiger partial charge < -0.3 is 19.7 Å². The highest BCUT2D eigenvalue weighted by Gasteiger charge is 2.03. The van der Waals surface area contributed by atoms with Gasteiger partial charge in [0.15, 0.2) is 11.5 Å². The molecule has 2 N–H and O–H groups in total. The van der Waals surface area contributed by atoms with Crippen molar-refractivity contribution in [3.63, 3.8) is 0 Å². The zero-order chi connectivity index (χ0) is 11.8. The fourth-order valence-corrected chi connectivity index (χ4v) is 1.09. The van der Waals surface area contributed by atoms with Crippen molar-refractivity contribution in [1.82, 2.24) is 0 Å². The quantitative estimate of drug-likeness (QED) is 0.692. The van der Waals surface area contributed by atoms with Crippen molar-refractivity contribution in [2.75, 3.05) is 26.4 Å². The molecule has 0 unspecified atom stereocenters. The van der Waals surface area contributed by atoms with Gasteiger partial charge in [0, 0.05) is 6.07 Å². The van der Waals surface area contributed by atoms with Crippen LogP contribution in [-0.4, -0.2) is 36.6 Å². The Bertz CT molecular complexity index is 373. The number of nitriles is 1. The minimum Gasteiger partial charge on any atom is -0.504 e. The highest BCUT2D eigenvalue weighted by Crippen LogP contribution is 2.26. The lowest BCUT2D eigenvalue weighted by Gasteiger charge is -2.08. The summed E-state index contributed by atoms with van der Waals surface area (Å²) in [6.45, 7) is 0.851. The molecule has 0 amide bonds. The molecular formula is C11H13NO4. The Labute approximate surface area is 93.5 Å². The van der Waals surface area contributed by atoms with Crippen LogP contribution in [0.4, 0.5) is 0 Å². The molecule has 0 aromatic heterocycles. The summed E-state index contributed by atoms with van der Waals surface area (Å²) in [7, 11) is 0. The van der Waals surface area contributed by atoms with E-state index in [9.17, 15) is 5.11 Å². The van der Waals surface area contributed by atoms with Gasteiger partial charge in [-0.05, 0) is 12.1 Å². The summed E-state index contributed by atoms with van der Waals surface area (Å²) >= 11 is 0. The summed E-state index contributed by atoms with van der Waals surface area (Å²) in [6.07, 6.45) is 0. The summed E-state index contributed by atoms with van der Waals surface area (Å²) < 4.78 is 10.2. The zero-order valence-corrected chi connectivity index (χ0v) is 8.72. The van der Waals surface area contributed by atoms with Crippen LogP contribution in [0.15, 0.2) is 18.2 Å². The van der Waals surface area contributed by atoms with E-state index in [-0.39, 0.29) is 25.6 Å². The molecule has 5 heteroatoms. The van der Waals surface area contributed by atoms with Crippen LogP contribution in [-0.2, 0) is 4.74 Å². The Morgan fingerprint density at radius 3 is 2.69 bits per heavy atom. The third-order valence-electron chi connectivity index (χ3n) is 1.81. The van der Waals surface area contributed by atoms with Crippen LogP contribution in [0, 0.1) is 11.3 Å². The summed E-state index contributed by atoms with van der Waals surface area (Å²) in [6, 6.07) is 6.34. The van der Waals surface area contributed by atoms with E-state index < -0.39 is 0 Å². The van der Waals surface area contributed by atoms with Crippen molar-refractivity contribution in [3.05, 3.63) is 23.8 Å². The number of aliphatic hydroxyl groups excluding tert-OH is 1. The van der Waals surface area contributed by atoms with Gasteiger partial charge in [0.25, 0.3) is 0 Å². The van der Waals surface area contributed by atoms with E-state index in [0.29, 0.717) is 17.9 Å². The molecule has 86 valence electrons. The third-order valence-corrected chi connectivity index (χ3v) is 1.81. The molecule has 1 rings (SSSR count). The predicted octanol–water partition coefficient (Wildman–Crippen LogP) is 0.652. The van der Waals surface area contributed by atoms with Gasteiger partial charge in [-0.3, -0.25) is 0 Å². The van der Waals surface area contributed by atoms with Gasteiger partial charge in [0.2, 0.25) is 0 Å². The number of rotatable bonds is 6. The number of aromatic hydroxyl groups is 1. The van der Waals surface area contributed by atoms with Gasteiger partial charge in [0.1, 0.15) is 6.61 Å². The van der Waals surface area contributed by atoms with Crippen molar-refractivity contribution in [2.24, 2.45) is 0 Å². The van der Waals surface area contributed by atoms with E-state index in [0.717, 1.165) is 0 Å². The molecule has 0 spiro atoms. The molecule has 0 heterocycles. The SMILES string of the molecule is N#Cc1ccc(OCCOCCO)c(O)c1. The highest BCUT2D eigenvalue weighted by atomic mass is 16.5. The van der Waals surface area contributed by atoms with Crippen molar-refractivity contribution >= 4 is 0 Å². The lowest BCUT2D eigenvalue weighted by molar-refractivity contribution is 0.0699. The zero-order valence-electron chi connectivity index (χ0n) is 8.72. The molecule has 0 fully saturated rings. The van der Waals surface area contributed by atoms with E-state index in [1.807, 2.05) is 6.07 Å². The van der Waals surface area contributed by atoms with Gasteiger partial charge in [0.05, 0.1) is 31.5 Å². The molecule has 5 nitrogen and oxygen atoms in total. The molecule has 0 radical (unpaired) electrons. The molecule has 1 aromatic carbocycles. The first-order valence-electron chi connectivity index (χ1n) is 4.82. The van der Waals surface area contributed by atoms with Gasteiger partial charge >= 0.3 is 0 Å². The standard InChI is InChI=1S/C11H13NO4/c12-8-9-1-2-11(10(14)7-9)16-6-5-15-4-3-13/h1-2,7,13-14H,3-6H2. The number of ether oxygens (including phenoxy) is 2. The fraction of sp³-hybridized carbons (Fsp3) is 0.364.